The number of ether oxygens (including phenoxy) is 1. The molecule has 5 nitrogen and oxygen atoms in total. The zero-order valence-electron chi connectivity index (χ0n) is 13.7. The van der Waals surface area contributed by atoms with Crippen LogP contribution >= 0.6 is 11.3 Å². The number of esters is 1. The number of hydrogen-bond donors (Lipinski definition) is 1. The van der Waals surface area contributed by atoms with Gasteiger partial charge in [-0.3, -0.25) is 4.79 Å². The summed E-state index contributed by atoms with van der Waals surface area (Å²) in [5, 5.41) is 5.10. The molecule has 0 aliphatic heterocycles. The first-order chi connectivity index (χ1) is 11.4. The zero-order valence-corrected chi connectivity index (χ0v) is 14.5. The van der Waals surface area contributed by atoms with Gasteiger partial charge in [0.05, 0.1) is 5.69 Å². The minimum Gasteiger partial charge on any atom is -0.458 e. The third kappa shape index (κ3) is 4.86. The molecule has 0 spiro atoms. The molecule has 0 bridgehead atoms. The van der Waals surface area contributed by atoms with Gasteiger partial charge in [-0.05, 0) is 30.2 Å². The van der Waals surface area contributed by atoms with Crippen LogP contribution in [0, 0.1) is 11.7 Å². The first kappa shape index (κ1) is 18.1. The summed E-state index contributed by atoms with van der Waals surface area (Å²) < 4.78 is 18.2. The molecule has 0 aliphatic rings. The summed E-state index contributed by atoms with van der Waals surface area (Å²) in [6.45, 7) is 5.05. The van der Waals surface area contributed by atoms with E-state index in [2.05, 4.69) is 10.3 Å². The molecule has 0 saturated heterocycles. The summed E-state index contributed by atoms with van der Waals surface area (Å²) in [6, 6.07) is 5.36. The average Bonchev–Trinajstić information content (AvgIpc) is 2.99. The van der Waals surface area contributed by atoms with Gasteiger partial charge in [0.2, 0.25) is 5.91 Å². The van der Waals surface area contributed by atoms with E-state index in [1.165, 1.54) is 30.4 Å². The highest BCUT2D eigenvalue weighted by Gasteiger charge is 2.24. The second-order valence-corrected chi connectivity index (χ2v) is 6.54. The molecule has 1 aromatic carbocycles. The number of benzene rings is 1. The number of hydrogen-bond acceptors (Lipinski definition) is 5. The van der Waals surface area contributed by atoms with Crippen molar-refractivity contribution in [2.45, 2.75) is 33.4 Å². The standard InChI is InChI=1S/C17H19FN2O3S/c1-10(2)15(19-11(3)21)17(22)23-8-14-9-24-16(20-14)12-4-6-13(18)7-5-12/h4-7,9-10,15H,8H2,1-3H3,(H,19,21)/t15-/m1/s1. The molecule has 0 fully saturated rings. The van der Waals surface area contributed by atoms with Crippen LogP contribution in [0.25, 0.3) is 10.6 Å². The minimum absolute atomic E-state index is 0.0271. The van der Waals surface area contributed by atoms with Gasteiger partial charge >= 0.3 is 5.97 Å². The fourth-order valence-corrected chi connectivity index (χ4v) is 2.86. The molecule has 7 heteroatoms. The third-order valence-electron chi connectivity index (χ3n) is 3.28. The normalized spacial score (nSPS) is 12.0. The Kier molecular flexibility index (Phi) is 6.03. The quantitative estimate of drug-likeness (QED) is 0.813. The second kappa shape index (κ2) is 8.01. The fraction of sp³-hybridized carbons (Fsp3) is 0.353. The molecule has 0 saturated carbocycles. The predicted molar refractivity (Wildman–Crippen MR) is 89.7 cm³/mol. The minimum atomic E-state index is -0.683. The molecule has 2 aromatic rings. The molecule has 0 aliphatic carbocycles. The van der Waals surface area contributed by atoms with Crippen LogP contribution in [-0.2, 0) is 20.9 Å². The van der Waals surface area contributed by atoms with Crippen molar-refractivity contribution in [1.82, 2.24) is 10.3 Å². The lowest BCUT2D eigenvalue weighted by Gasteiger charge is -2.19. The van der Waals surface area contributed by atoms with E-state index < -0.39 is 12.0 Å². The molecule has 1 atom stereocenters. The molecule has 1 aromatic heterocycles. The Morgan fingerprint density at radius 2 is 1.96 bits per heavy atom. The van der Waals surface area contributed by atoms with Crippen LogP contribution in [0.1, 0.15) is 26.5 Å². The summed E-state index contributed by atoms with van der Waals surface area (Å²) >= 11 is 1.39. The van der Waals surface area contributed by atoms with Gasteiger partial charge in [-0.25, -0.2) is 14.2 Å². The molecule has 24 heavy (non-hydrogen) atoms. The Bertz CT molecular complexity index is 713. The summed E-state index contributed by atoms with van der Waals surface area (Å²) in [4.78, 5) is 27.6. The van der Waals surface area contributed by atoms with Gasteiger partial charge < -0.3 is 10.1 Å². The predicted octanol–water partition coefficient (Wildman–Crippen LogP) is 3.15. The number of nitrogens with one attached hydrogen (secondary N) is 1. The van der Waals surface area contributed by atoms with Gasteiger partial charge in [0.15, 0.2) is 0 Å². The van der Waals surface area contributed by atoms with Crippen LogP contribution in [0.15, 0.2) is 29.6 Å². The first-order valence-corrected chi connectivity index (χ1v) is 8.39. The topological polar surface area (TPSA) is 68.3 Å². The van der Waals surface area contributed by atoms with E-state index >= 15 is 0 Å². The number of rotatable bonds is 6. The van der Waals surface area contributed by atoms with Crippen LogP contribution in [-0.4, -0.2) is 22.9 Å². The molecule has 1 heterocycles. The largest absolute Gasteiger partial charge is 0.458 e. The molecule has 0 radical (unpaired) electrons. The maximum atomic E-state index is 12.9. The van der Waals surface area contributed by atoms with Gasteiger partial charge in [0, 0.05) is 17.9 Å². The van der Waals surface area contributed by atoms with Crippen LogP contribution in [0.4, 0.5) is 4.39 Å². The van der Waals surface area contributed by atoms with Crippen molar-refractivity contribution >= 4 is 23.2 Å². The maximum absolute atomic E-state index is 12.9. The molecule has 1 amide bonds. The van der Waals surface area contributed by atoms with E-state index in [0.717, 1.165) is 10.6 Å². The highest BCUT2D eigenvalue weighted by Crippen LogP contribution is 2.24. The lowest BCUT2D eigenvalue weighted by molar-refractivity contribution is -0.150. The molecular formula is C17H19FN2O3S. The first-order valence-electron chi connectivity index (χ1n) is 7.51. The fourth-order valence-electron chi connectivity index (χ4n) is 2.05. The zero-order chi connectivity index (χ0) is 17.7. The maximum Gasteiger partial charge on any atom is 0.329 e. The van der Waals surface area contributed by atoms with E-state index in [1.54, 1.807) is 17.5 Å². The van der Waals surface area contributed by atoms with Crippen molar-refractivity contribution in [2.24, 2.45) is 5.92 Å². The van der Waals surface area contributed by atoms with E-state index in [9.17, 15) is 14.0 Å². The molecule has 128 valence electrons. The Labute approximate surface area is 143 Å². The van der Waals surface area contributed by atoms with Gasteiger partial charge in [0.1, 0.15) is 23.5 Å². The molecule has 1 N–H and O–H groups in total. The van der Waals surface area contributed by atoms with Crippen LogP contribution < -0.4 is 5.32 Å². The van der Waals surface area contributed by atoms with E-state index in [-0.39, 0.29) is 24.2 Å². The van der Waals surface area contributed by atoms with Crippen LogP contribution in [0.5, 0.6) is 0 Å². The third-order valence-corrected chi connectivity index (χ3v) is 4.22. The van der Waals surface area contributed by atoms with Crippen molar-refractivity contribution < 1.29 is 18.7 Å². The van der Waals surface area contributed by atoms with Gasteiger partial charge in [-0.1, -0.05) is 13.8 Å². The van der Waals surface area contributed by atoms with E-state index in [1.807, 2.05) is 13.8 Å². The number of aromatic nitrogens is 1. The van der Waals surface area contributed by atoms with Gasteiger partial charge in [-0.15, -0.1) is 11.3 Å². The Hall–Kier alpha value is -2.28. The number of carbonyl (C=O) groups excluding carboxylic acids is 2. The van der Waals surface area contributed by atoms with Crippen molar-refractivity contribution in [3.63, 3.8) is 0 Å². The summed E-state index contributed by atoms with van der Waals surface area (Å²) in [7, 11) is 0. The highest BCUT2D eigenvalue weighted by molar-refractivity contribution is 7.13. The Balaban J connectivity index is 1.98. The van der Waals surface area contributed by atoms with Crippen LogP contribution in [0.3, 0.4) is 0 Å². The van der Waals surface area contributed by atoms with Crippen LogP contribution in [0.2, 0.25) is 0 Å². The SMILES string of the molecule is CC(=O)N[C@@H](C(=O)OCc1csc(-c2ccc(F)cc2)n1)C(C)C. The lowest BCUT2D eigenvalue weighted by atomic mass is 10.0. The lowest BCUT2D eigenvalue weighted by Crippen LogP contribution is -2.44. The van der Waals surface area contributed by atoms with E-state index in [4.69, 9.17) is 4.74 Å². The molecular weight excluding hydrogens is 331 g/mol. The Morgan fingerprint density at radius 3 is 2.54 bits per heavy atom. The van der Waals surface area contributed by atoms with Gasteiger partial charge in [-0.2, -0.15) is 0 Å². The average molecular weight is 350 g/mol. The smallest absolute Gasteiger partial charge is 0.329 e. The van der Waals surface area contributed by atoms with Gasteiger partial charge in [0.25, 0.3) is 0 Å². The summed E-state index contributed by atoms with van der Waals surface area (Å²) in [5.74, 6) is -1.15. The Morgan fingerprint density at radius 1 is 1.29 bits per heavy atom. The van der Waals surface area contributed by atoms with Crippen molar-refractivity contribution in [1.29, 1.82) is 0 Å². The van der Waals surface area contributed by atoms with Crippen molar-refractivity contribution in [2.75, 3.05) is 0 Å². The monoisotopic (exact) mass is 350 g/mol. The highest BCUT2D eigenvalue weighted by atomic mass is 32.1. The number of nitrogens with zero attached hydrogens (tertiary/aromatic N) is 1. The number of thiazole rings is 1. The second-order valence-electron chi connectivity index (χ2n) is 5.68. The van der Waals surface area contributed by atoms with Crippen molar-refractivity contribution in [3.05, 3.63) is 41.2 Å². The number of carbonyl (C=O) groups is 2. The van der Waals surface area contributed by atoms with Crippen molar-refractivity contribution in [3.8, 4) is 10.6 Å². The molecule has 2 rings (SSSR count). The number of halogens is 1. The van der Waals surface area contributed by atoms with E-state index in [0.29, 0.717) is 5.69 Å². The molecule has 0 unspecified atom stereocenters. The number of amides is 1. The summed E-state index contributed by atoms with van der Waals surface area (Å²) in [6.07, 6.45) is 0. The summed E-state index contributed by atoms with van der Waals surface area (Å²) in [5.41, 5.74) is 1.41.